The topological polar surface area (TPSA) is 44.8 Å². The molecule has 1 saturated heterocycles. The first-order valence-electron chi connectivity index (χ1n) is 9.64. The Morgan fingerprint density at radius 2 is 1.90 bits per heavy atom. The molecule has 1 fully saturated rings. The number of ether oxygens (including phenoxy) is 1. The summed E-state index contributed by atoms with van der Waals surface area (Å²) in [5, 5.41) is 2.54. The zero-order valence-electron chi connectivity index (χ0n) is 16.2. The number of nitrogens with one attached hydrogen (secondary N) is 1. The van der Waals surface area contributed by atoms with Crippen LogP contribution >= 0.6 is 0 Å². The average molecular weight is 401 g/mol. The van der Waals surface area contributed by atoms with Gasteiger partial charge in [-0.25, -0.2) is 13.6 Å². The van der Waals surface area contributed by atoms with Gasteiger partial charge in [-0.15, -0.1) is 0 Å². The van der Waals surface area contributed by atoms with Crippen molar-refractivity contribution in [2.24, 2.45) is 0 Å². The first kappa shape index (κ1) is 21.0. The van der Waals surface area contributed by atoms with Crippen molar-refractivity contribution >= 4 is 17.8 Å². The molecule has 2 aromatic carbocycles. The Morgan fingerprint density at radius 3 is 2.62 bits per heavy atom. The summed E-state index contributed by atoms with van der Waals surface area (Å²) in [6, 6.07) is 12.4. The molecule has 0 radical (unpaired) electrons. The van der Waals surface area contributed by atoms with E-state index in [1.807, 2.05) is 42.5 Å². The molecule has 1 N–H and O–H groups in total. The molecule has 2 amide bonds. The number of urea groups is 1. The first-order valence-corrected chi connectivity index (χ1v) is 9.64. The lowest BCUT2D eigenvalue weighted by Crippen LogP contribution is -2.44. The van der Waals surface area contributed by atoms with E-state index in [9.17, 15) is 13.6 Å². The number of hydrogen-bond donors (Lipinski definition) is 1. The van der Waals surface area contributed by atoms with E-state index in [-0.39, 0.29) is 5.69 Å². The number of morpholine rings is 1. The third-order valence-corrected chi connectivity index (χ3v) is 4.69. The summed E-state index contributed by atoms with van der Waals surface area (Å²) in [6.45, 7) is 4.55. The molecule has 0 atom stereocenters. The smallest absolute Gasteiger partial charge is 0.322 e. The largest absolute Gasteiger partial charge is 0.379 e. The summed E-state index contributed by atoms with van der Waals surface area (Å²) in [6.07, 6.45) is 3.84. The molecule has 0 aliphatic carbocycles. The van der Waals surface area contributed by atoms with Crippen LogP contribution in [0.15, 0.2) is 54.6 Å². The van der Waals surface area contributed by atoms with Crippen molar-refractivity contribution in [1.29, 1.82) is 0 Å². The van der Waals surface area contributed by atoms with Crippen molar-refractivity contribution in [2.45, 2.75) is 0 Å². The van der Waals surface area contributed by atoms with Crippen LogP contribution in [0.25, 0.3) is 6.08 Å². The lowest BCUT2D eigenvalue weighted by atomic mass is 10.2. The number of amides is 2. The highest BCUT2D eigenvalue weighted by molar-refractivity contribution is 5.89. The molecule has 1 aliphatic rings. The van der Waals surface area contributed by atoms with Crippen LogP contribution in [0, 0.1) is 11.6 Å². The van der Waals surface area contributed by atoms with Crippen LogP contribution in [0.5, 0.6) is 0 Å². The molecule has 5 nitrogen and oxygen atoms in total. The van der Waals surface area contributed by atoms with Crippen molar-refractivity contribution < 1.29 is 18.3 Å². The Labute approximate surface area is 169 Å². The van der Waals surface area contributed by atoms with Gasteiger partial charge in [-0.05, 0) is 17.7 Å². The van der Waals surface area contributed by atoms with Crippen molar-refractivity contribution in [3.05, 3.63) is 71.8 Å². The molecule has 3 rings (SSSR count). The summed E-state index contributed by atoms with van der Waals surface area (Å²) >= 11 is 0. The lowest BCUT2D eigenvalue weighted by molar-refractivity contribution is 0.0355. The summed E-state index contributed by atoms with van der Waals surface area (Å²) in [7, 11) is 0. The number of halogens is 2. The summed E-state index contributed by atoms with van der Waals surface area (Å²) in [4.78, 5) is 16.6. The van der Waals surface area contributed by atoms with Gasteiger partial charge in [-0.2, -0.15) is 0 Å². The minimum atomic E-state index is -0.800. The molecule has 1 heterocycles. The van der Waals surface area contributed by atoms with Crippen molar-refractivity contribution in [3.8, 4) is 0 Å². The van der Waals surface area contributed by atoms with E-state index in [2.05, 4.69) is 10.2 Å². The molecular weight excluding hydrogens is 376 g/mol. The fraction of sp³-hybridized carbons (Fsp3) is 0.318. The number of carbonyl (C=O) groups is 1. The highest BCUT2D eigenvalue weighted by Crippen LogP contribution is 2.15. The second kappa shape index (κ2) is 10.7. The predicted molar refractivity (Wildman–Crippen MR) is 110 cm³/mol. The molecule has 0 aromatic heterocycles. The monoisotopic (exact) mass is 401 g/mol. The minimum absolute atomic E-state index is 0.0418. The lowest BCUT2D eigenvalue weighted by Gasteiger charge is -2.29. The second-order valence-electron chi connectivity index (χ2n) is 6.77. The fourth-order valence-corrected chi connectivity index (χ4v) is 3.03. The minimum Gasteiger partial charge on any atom is -0.379 e. The highest BCUT2D eigenvalue weighted by Gasteiger charge is 2.17. The molecule has 7 heteroatoms. The third-order valence-electron chi connectivity index (χ3n) is 4.69. The van der Waals surface area contributed by atoms with E-state index in [1.165, 1.54) is 6.07 Å². The number of benzene rings is 2. The molecule has 1 aliphatic heterocycles. The van der Waals surface area contributed by atoms with Crippen molar-refractivity contribution in [3.63, 3.8) is 0 Å². The third kappa shape index (κ3) is 6.66. The molecule has 2 aromatic rings. The Morgan fingerprint density at radius 1 is 1.14 bits per heavy atom. The van der Waals surface area contributed by atoms with Crippen LogP contribution < -0.4 is 5.32 Å². The second-order valence-corrected chi connectivity index (χ2v) is 6.77. The highest BCUT2D eigenvalue weighted by atomic mass is 19.1. The number of rotatable bonds is 7. The van der Waals surface area contributed by atoms with Crippen LogP contribution in [0.2, 0.25) is 0 Å². The van der Waals surface area contributed by atoms with Crippen molar-refractivity contribution in [1.82, 2.24) is 9.80 Å². The Kier molecular flexibility index (Phi) is 7.72. The van der Waals surface area contributed by atoms with Gasteiger partial charge in [0.25, 0.3) is 0 Å². The van der Waals surface area contributed by atoms with Crippen LogP contribution in [0.3, 0.4) is 0 Å². The van der Waals surface area contributed by atoms with Gasteiger partial charge in [0.2, 0.25) is 0 Å². The van der Waals surface area contributed by atoms with E-state index in [4.69, 9.17) is 4.74 Å². The van der Waals surface area contributed by atoms with Gasteiger partial charge in [0.15, 0.2) is 0 Å². The van der Waals surface area contributed by atoms with Gasteiger partial charge < -0.3 is 15.0 Å². The van der Waals surface area contributed by atoms with Gasteiger partial charge >= 0.3 is 6.03 Å². The molecule has 154 valence electrons. The average Bonchev–Trinajstić information content (AvgIpc) is 2.74. The molecule has 0 bridgehead atoms. The van der Waals surface area contributed by atoms with E-state index in [0.29, 0.717) is 32.8 Å². The van der Waals surface area contributed by atoms with E-state index < -0.39 is 17.7 Å². The number of anilines is 1. The molecule has 29 heavy (non-hydrogen) atoms. The first-order chi connectivity index (χ1) is 14.1. The van der Waals surface area contributed by atoms with E-state index in [0.717, 1.165) is 30.8 Å². The van der Waals surface area contributed by atoms with Gasteiger partial charge in [-0.3, -0.25) is 4.90 Å². The normalized spacial score (nSPS) is 14.8. The fourth-order valence-electron chi connectivity index (χ4n) is 3.03. The standard InChI is InChI=1S/C22H25F2N3O2/c23-19-8-9-21(20(24)17-19)25-22(28)27(12-11-26-13-15-29-16-14-26)10-4-7-18-5-2-1-3-6-18/h1-9,17H,10-16H2,(H,25,28)/b7-4+. The molecular formula is C22H25F2N3O2. The van der Waals surface area contributed by atoms with Crippen LogP contribution in [0.1, 0.15) is 5.56 Å². The predicted octanol–water partition coefficient (Wildman–Crippen LogP) is 3.84. The SMILES string of the molecule is O=C(Nc1ccc(F)cc1F)N(C/C=C/c1ccccc1)CCN1CCOCC1. The number of hydrogen-bond acceptors (Lipinski definition) is 3. The Balaban J connectivity index is 1.64. The van der Waals surface area contributed by atoms with Gasteiger partial charge in [-0.1, -0.05) is 42.5 Å². The van der Waals surface area contributed by atoms with E-state index in [1.54, 1.807) is 4.90 Å². The summed E-state index contributed by atoms with van der Waals surface area (Å²) in [5.41, 5.74) is 0.991. The zero-order chi connectivity index (χ0) is 20.5. The Bertz CT molecular complexity index is 824. The maximum atomic E-state index is 13.9. The van der Waals surface area contributed by atoms with Crippen LogP contribution in [-0.4, -0.2) is 61.8 Å². The quantitative estimate of drug-likeness (QED) is 0.767. The number of carbonyl (C=O) groups excluding carboxylic acids is 1. The Hall–Kier alpha value is -2.77. The van der Waals surface area contributed by atoms with E-state index >= 15 is 0 Å². The molecule has 0 saturated carbocycles. The molecule has 0 spiro atoms. The number of nitrogens with zero attached hydrogens (tertiary/aromatic N) is 2. The maximum absolute atomic E-state index is 13.9. The zero-order valence-corrected chi connectivity index (χ0v) is 16.2. The molecule has 0 unspecified atom stereocenters. The van der Waals surface area contributed by atoms with Gasteiger partial charge in [0.1, 0.15) is 11.6 Å². The summed E-state index contributed by atoms with van der Waals surface area (Å²) < 4.78 is 32.4. The maximum Gasteiger partial charge on any atom is 0.322 e. The van der Waals surface area contributed by atoms with Gasteiger partial charge in [0, 0.05) is 38.8 Å². The summed E-state index contributed by atoms with van der Waals surface area (Å²) in [5.74, 6) is -1.48. The van der Waals surface area contributed by atoms with Crippen LogP contribution in [-0.2, 0) is 4.74 Å². The van der Waals surface area contributed by atoms with Crippen LogP contribution in [0.4, 0.5) is 19.3 Å². The van der Waals surface area contributed by atoms with Crippen molar-refractivity contribution in [2.75, 3.05) is 51.3 Å². The van der Waals surface area contributed by atoms with Gasteiger partial charge in [0.05, 0.1) is 18.9 Å².